The van der Waals surface area contributed by atoms with Crippen LogP contribution in [-0.4, -0.2) is 19.3 Å². The van der Waals surface area contributed by atoms with Crippen LogP contribution in [0.5, 0.6) is 0 Å². The van der Waals surface area contributed by atoms with E-state index in [4.69, 9.17) is 5.73 Å². The first kappa shape index (κ1) is 9.92. The van der Waals surface area contributed by atoms with Crippen molar-refractivity contribution in [2.45, 2.75) is 20.0 Å². The Bertz CT molecular complexity index is 454. The maximum Gasteiger partial charge on any atom is 0.106 e. The minimum absolute atomic E-state index is 0.508. The molecular weight excluding hydrogens is 190 g/mol. The first-order valence-corrected chi connectivity index (χ1v) is 4.90. The van der Waals surface area contributed by atoms with Gasteiger partial charge in [-0.15, -0.1) is 0 Å². The summed E-state index contributed by atoms with van der Waals surface area (Å²) < 4.78 is 3.88. The highest BCUT2D eigenvalue weighted by Crippen LogP contribution is 2.07. The molecule has 0 bridgehead atoms. The van der Waals surface area contributed by atoms with Gasteiger partial charge in [0.2, 0.25) is 0 Å². The quantitative estimate of drug-likeness (QED) is 0.790. The molecule has 0 fully saturated rings. The minimum atomic E-state index is 0.508. The van der Waals surface area contributed by atoms with E-state index >= 15 is 0 Å². The van der Waals surface area contributed by atoms with Crippen LogP contribution < -0.4 is 5.73 Å². The van der Waals surface area contributed by atoms with Gasteiger partial charge < -0.3 is 10.3 Å². The van der Waals surface area contributed by atoms with E-state index in [0.717, 1.165) is 23.8 Å². The van der Waals surface area contributed by atoms with Gasteiger partial charge in [-0.05, 0) is 13.0 Å². The predicted molar refractivity (Wildman–Crippen MR) is 57.2 cm³/mol. The van der Waals surface area contributed by atoms with Gasteiger partial charge in [-0.3, -0.25) is 4.68 Å². The van der Waals surface area contributed by atoms with Gasteiger partial charge in [0.25, 0.3) is 0 Å². The molecule has 2 aromatic rings. The largest absolute Gasteiger partial charge is 0.325 e. The van der Waals surface area contributed by atoms with Gasteiger partial charge in [0.15, 0.2) is 0 Å². The molecule has 0 amide bonds. The lowest BCUT2D eigenvalue weighted by atomic mass is 10.4. The molecule has 5 nitrogen and oxygen atoms in total. The fraction of sp³-hybridized carbons (Fsp3) is 0.400. The zero-order chi connectivity index (χ0) is 10.8. The van der Waals surface area contributed by atoms with Crippen molar-refractivity contribution in [1.29, 1.82) is 0 Å². The first-order valence-electron chi connectivity index (χ1n) is 4.90. The third-order valence-electron chi connectivity index (χ3n) is 2.44. The molecule has 0 aliphatic rings. The smallest absolute Gasteiger partial charge is 0.106 e. The summed E-state index contributed by atoms with van der Waals surface area (Å²) >= 11 is 0. The number of nitrogens with zero attached hydrogens (tertiary/aromatic N) is 4. The lowest BCUT2D eigenvalue weighted by Gasteiger charge is -2.06. The average molecular weight is 205 g/mol. The summed E-state index contributed by atoms with van der Waals surface area (Å²) in [6.45, 7) is 3.22. The molecule has 5 heteroatoms. The van der Waals surface area contributed by atoms with Crippen molar-refractivity contribution in [2.75, 3.05) is 0 Å². The van der Waals surface area contributed by atoms with Crippen LogP contribution in [0.3, 0.4) is 0 Å². The Labute approximate surface area is 88.5 Å². The fourth-order valence-electron chi connectivity index (χ4n) is 1.60. The van der Waals surface area contributed by atoms with Crippen molar-refractivity contribution < 1.29 is 0 Å². The Morgan fingerprint density at radius 3 is 2.87 bits per heavy atom. The Hall–Kier alpha value is -1.62. The van der Waals surface area contributed by atoms with Crippen LogP contribution in [0.4, 0.5) is 0 Å². The minimum Gasteiger partial charge on any atom is -0.325 e. The van der Waals surface area contributed by atoms with Crippen molar-refractivity contribution in [3.05, 3.63) is 35.7 Å². The van der Waals surface area contributed by atoms with Gasteiger partial charge in [-0.2, -0.15) is 5.10 Å². The zero-order valence-electron chi connectivity index (χ0n) is 9.01. The van der Waals surface area contributed by atoms with Gasteiger partial charge in [0.05, 0.1) is 17.9 Å². The molecule has 0 aliphatic heterocycles. The van der Waals surface area contributed by atoms with Crippen molar-refractivity contribution in [2.24, 2.45) is 12.8 Å². The third-order valence-corrected chi connectivity index (χ3v) is 2.44. The van der Waals surface area contributed by atoms with Gasteiger partial charge in [0.1, 0.15) is 5.82 Å². The number of hydrogen-bond donors (Lipinski definition) is 1. The van der Waals surface area contributed by atoms with Gasteiger partial charge >= 0.3 is 0 Å². The first-order chi connectivity index (χ1) is 7.20. The van der Waals surface area contributed by atoms with Crippen molar-refractivity contribution in [3.8, 4) is 0 Å². The van der Waals surface area contributed by atoms with Gasteiger partial charge in [-0.1, -0.05) is 0 Å². The second-order valence-electron chi connectivity index (χ2n) is 3.57. The molecule has 80 valence electrons. The van der Waals surface area contributed by atoms with Gasteiger partial charge in [-0.25, -0.2) is 4.98 Å². The molecule has 0 spiro atoms. The lowest BCUT2D eigenvalue weighted by molar-refractivity contribution is 0.670. The van der Waals surface area contributed by atoms with Crippen LogP contribution in [0.15, 0.2) is 18.5 Å². The molecule has 2 rings (SSSR count). The van der Waals surface area contributed by atoms with E-state index in [2.05, 4.69) is 14.6 Å². The van der Waals surface area contributed by atoms with E-state index in [-0.39, 0.29) is 0 Å². The number of rotatable bonds is 3. The summed E-state index contributed by atoms with van der Waals surface area (Å²) in [6, 6.07) is 2.00. The van der Waals surface area contributed by atoms with E-state index in [1.807, 2.05) is 32.4 Å². The molecule has 0 aliphatic carbocycles. The molecule has 0 saturated carbocycles. The maximum atomic E-state index is 5.64. The highest BCUT2D eigenvalue weighted by atomic mass is 15.3. The molecule has 0 atom stereocenters. The fourth-order valence-corrected chi connectivity index (χ4v) is 1.60. The summed E-state index contributed by atoms with van der Waals surface area (Å²) in [7, 11) is 1.91. The summed E-state index contributed by atoms with van der Waals surface area (Å²) in [6.07, 6.45) is 3.75. The van der Waals surface area contributed by atoms with Crippen molar-refractivity contribution in [1.82, 2.24) is 19.3 Å². The van der Waals surface area contributed by atoms with Crippen molar-refractivity contribution >= 4 is 0 Å². The normalized spacial score (nSPS) is 10.9. The summed E-state index contributed by atoms with van der Waals surface area (Å²) in [5, 5.41) is 4.33. The van der Waals surface area contributed by atoms with E-state index in [0.29, 0.717) is 6.54 Å². The zero-order valence-corrected chi connectivity index (χ0v) is 9.01. The summed E-state index contributed by atoms with van der Waals surface area (Å²) in [5.41, 5.74) is 7.70. The SMILES string of the molecule is Cc1ncc(CN)n1Cc1ccn(C)n1. The standard InChI is InChI=1S/C10H15N5/c1-8-12-6-10(5-11)15(8)7-9-3-4-14(2)13-9/h3-4,6H,5,7,11H2,1-2H3. The molecule has 0 aromatic carbocycles. The van der Waals surface area contributed by atoms with Crippen LogP contribution in [0.1, 0.15) is 17.2 Å². The predicted octanol–water partition coefficient (Wildman–Crippen LogP) is 0.432. The number of imidazole rings is 1. The molecule has 0 radical (unpaired) electrons. The van der Waals surface area contributed by atoms with E-state index in [9.17, 15) is 0 Å². The monoisotopic (exact) mass is 205 g/mol. The van der Waals surface area contributed by atoms with Crippen LogP contribution in [0, 0.1) is 6.92 Å². The Morgan fingerprint density at radius 2 is 2.27 bits per heavy atom. The molecular formula is C10H15N5. The number of nitrogens with two attached hydrogens (primary N) is 1. The molecule has 0 unspecified atom stereocenters. The summed E-state index contributed by atoms with van der Waals surface area (Å²) in [4.78, 5) is 4.24. The lowest BCUT2D eigenvalue weighted by Crippen LogP contribution is -2.10. The third kappa shape index (κ3) is 1.92. The molecule has 2 N–H and O–H groups in total. The molecule has 0 saturated heterocycles. The van der Waals surface area contributed by atoms with E-state index in [1.165, 1.54) is 0 Å². The second-order valence-corrected chi connectivity index (χ2v) is 3.57. The number of hydrogen-bond acceptors (Lipinski definition) is 3. The average Bonchev–Trinajstić information content (AvgIpc) is 2.76. The topological polar surface area (TPSA) is 61.7 Å². The molecule has 2 heterocycles. The summed E-state index contributed by atoms with van der Waals surface area (Å²) in [5.74, 6) is 0.973. The highest BCUT2D eigenvalue weighted by molar-refractivity contribution is 5.09. The van der Waals surface area contributed by atoms with Crippen LogP contribution >= 0.6 is 0 Å². The van der Waals surface area contributed by atoms with Crippen molar-refractivity contribution in [3.63, 3.8) is 0 Å². The number of aromatic nitrogens is 4. The van der Waals surface area contributed by atoms with Gasteiger partial charge in [0, 0.05) is 26.0 Å². The van der Waals surface area contributed by atoms with Crippen LogP contribution in [0.25, 0.3) is 0 Å². The Morgan fingerprint density at radius 1 is 1.47 bits per heavy atom. The Balaban J connectivity index is 2.26. The van der Waals surface area contributed by atoms with Crippen LogP contribution in [-0.2, 0) is 20.1 Å². The maximum absolute atomic E-state index is 5.64. The number of aryl methyl sites for hydroxylation is 2. The Kier molecular flexibility index (Phi) is 2.55. The second kappa shape index (κ2) is 3.86. The highest BCUT2D eigenvalue weighted by Gasteiger charge is 2.06. The van der Waals surface area contributed by atoms with Crippen LogP contribution in [0.2, 0.25) is 0 Å². The van der Waals surface area contributed by atoms with E-state index < -0.39 is 0 Å². The van der Waals surface area contributed by atoms with E-state index in [1.54, 1.807) is 4.68 Å². The molecule has 15 heavy (non-hydrogen) atoms. The molecule has 2 aromatic heterocycles.